The zero-order valence-electron chi connectivity index (χ0n) is 10.2. The summed E-state index contributed by atoms with van der Waals surface area (Å²) in [5.74, 6) is 0.323. The minimum atomic E-state index is -0.821. The molecule has 0 spiro atoms. The molecule has 0 saturated heterocycles. The Morgan fingerprint density at radius 2 is 2.18 bits per heavy atom. The van der Waals surface area contributed by atoms with Crippen LogP contribution in [0.25, 0.3) is 0 Å². The van der Waals surface area contributed by atoms with Gasteiger partial charge in [-0.25, -0.2) is 0 Å². The number of phenols is 1. The van der Waals surface area contributed by atoms with Crippen molar-refractivity contribution in [1.29, 1.82) is 0 Å². The molecule has 5 nitrogen and oxygen atoms in total. The summed E-state index contributed by atoms with van der Waals surface area (Å²) in [5, 5.41) is 23.1. The second-order valence-electron chi connectivity index (χ2n) is 3.82. The normalized spacial score (nSPS) is 14.4. The third kappa shape index (κ3) is 3.09. The van der Waals surface area contributed by atoms with Crippen LogP contribution in [0, 0.1) is 0 Å². The van der Waals surface area contributed by atoms with Gasteiger partial charge in [-0.2, -0.15) is 0 Å². The lowest BCUT2D eigenvalue weighted by atomic mass is 9.98. The van der Waals surface area contributed by atoms with Crippen LogP contribution in [0.4, 0.5) is 0 Å². The maximum Gasteiger partial charge on any atom is 0.163 e. The van der Waals surface area contributed by atoms with Crippen LogP contribution in [0.1, 0.15) is 18.1 Å². The van der Waals surface area contributed by atoms with Crippen molar-refractivity contribution in [3.05, 3.63) is 23.8 Å². The molecule has 2 atom stereocenters. The first-order valence-electron chi connectivity index (χ1n) is 5.57. The third-order valence-corrected chi connectivity index (χ3v) is 2.80. The smallest absolute Gasteiger partial charge is 0.163 e. The predicted molar refractivity (Wildman–Crippen MR) is 66.1 cm³/mol. The van der Waals surface area contributed by atoms with Crippen LogP contribution < -0.4 is 15.8 Å². The third-order valence-electron chi connectivity index (χ3n) is 2.80. The Hall–Kier alpha value is -1.30. The number of nitrogens with one attached hydrogen (secondary N) is 1. The van der Waals surface area contributed by atoms with Crippen LogP contribution in [-0.4, -0.2) is 37.0 Å². The number of benzene rings is 1. The Bertz CT molecular complexity index is 358. The number of phenolic OH excluding ortho intramolecular Hbond substituents is 1. The predicted octanol–water partition coefficient (Wildman–Crippen LogP) is 0.371. The fourth-order valence-electron chi connectivity index (χ4n) is 1.80. The lowest BCUT2D eigenvalue weighted by Gasteiger charge is -2.23. The van der Waals surface area contributed by atoms with E-state index in [1.54, 1.807) is 25.2 Å². The van der Waals surface area contributed by atoms with Crippen molar-refractivity contribution in [2.75, 3.05) is 20.7 Å². The number of nitrogens with two attached hydrogens (primary N) is 1. The van der Waals surface area contributed by atoms with Gasteiger partial charge in [-0.05, 0) is 26.1 Å². The molecular formula is C12H20N2O3. The van der Waals surface area contributed by atoms with E-state index in [-0.39, 0.29) is 11.8 Å². The van der Waals surface area contributed by atoms with Crippen molar-refractivity contribution < 1.29 is 14.9 Å². The molecule has 17 heavy (non-hydrogen) atoms. The fourth-order valence-corrected chi connectivity index (χ4v) is 1.80. The van der Waals surface area contributed by atoms with Crippen molar-refractivity contribution in [2.24, 2.45) is 5.73 Å². The van der Waals surface area contributed by atoms with Gasteiger partial charge in [0.2, 0.25) is 0 Å². The van der Waals surface area contributed by atoms with Crippen LogP contribution in [0.2, 0.25) is 0 Å². The average Bonchev–Trinajstić information content (AvgIpc) is 2.35. The molecule has 0 aliphatic heterocycles. The second kappa shape index (κ2) is 6.44. The Kier molecular flexibility index (Phi) is 5.21. The van der Waals surface area contributed by atoms with Crippen LogP contribution >= 0.6 is 0 Å². The van der Waals surface area contributed by atoms with E-state index >= 15 is 0 Å². The minimum absolute atomic E-state index is 0.0280. The monoisotopic (exact) mass is 240 g/mol. The minimum Gasteiger partial charge on any atom is -0.504 e. The van der Waals surface area contributed by atoms with E-state index in [9.17, 15) is 10.2 Å². The fraction of sp³-hybridized carbons (Fsp3) is 0.500. The molecule has 2 unspecified atom stereocenters. The zero-order valence-corrected chi connectivity index (χ0v) is 10.2. The molecule has 0 fully saturated rings. The van der Waals surface area contributed by atoms with Gasteiger partial charge in [0, 0.05) is 11.6 Å². The number of likely N-dealkylation sites (N-methyl/N-ethyl adjacent to an activating group) is 1. The molecule has 0 amide bonds. The quantitative estimate of drug-likeness (QED) is 0.577. The molecule has 1 aromatic rings. The van der Waals surface area contributed by atoms with Gasteiger partial charge in [-0.15, -0.1) is 0 Å². The van der Waals surface area contributed by atoms with Crippen molar-refractivity contribution in [3.63, 3.8) is 0 Å². The summed E-state index contributed by atoms with van der Waals surface area (Å²) in [4.78, 5) is 0. The van der Waals surface area contributed by atoms with E-state index in [1.165, 1.54) is 7.11 Å². The van der Waals surface area contributed by atoms with Gasteiger partial charge in [0.05, 0.1) is 13.2 Å². The first-order chi connectivity index (χ1) is 8.15. The number of hydrogen-bond acceptors (Lipinski definition) is 5. The van der Waals surface area contributed by atoms with Crippen molar-refractivity contribution in [1.82, 2.24) is 5.32 Å². The van der Waals surface area contributed by atoms with E-state index in [1.807, 2.05) is 0 Å². The Labute approximate surface area is 101 Å². The van der Waals surface area contributed by atoms with Crippen LogP contribution in [-0.2, 0) is 0 Å². The number of hydrogen-bond donors (Lipinski definition) is 4. The highest BCUT2D eigenvalue weighted by Gasteiger charge is 2.22. The molecule has 0 aromatic heterocycles. The highest BCUT2D eigenvalue weighted by atomic mass is 16.5. The van der Waals surface area contributed by atoms with Gasteiger partial charge in [0.25, 0.3) is 0 Å². The lowest BCUT2D eigenvalue weighted by molar-refractivity contribution is 0.125. The molecule has 1 rings (SSSR count). The van der Waals surface area contributed by atoms with Gasteiger partial charge in [-0.1, -0.05) is 12.1 Å². The first kappa shape index (κ1) is 13.8. The Balaban J connectivity index is 2.98. The number of ether oxygens (including phenoxy) is 1. The van der Waals surface area contributed by atoms with Gasteiger partial charge in [-0.3, -0.25) is 0 Å². The molecule has 0 radical (unpaired) electrons. The lowest BCUT2D eigenvalue weighted by Crippen LogP contribution is -2.34. The molecule has 96 valence electrons. The number of aliphatic hydroxyl groups excluding tert-OH is 1. The van der Waals surface area contributed by atoms with Crippen molar-refractivity contribution in [3.8, 4) is 11.5 Å². The molecule has 5 N–H and O–H groups in total. The van der Waals surface area contributed by atoms with E-state index in [0.29, 0.717) is 24.3 Å². The highest BCUT2D eigenvalue weighted by molar-refractivity contribution is 5.46. The molecule has 0 heterocycles. The van der Waals surface area contributed by atoms with Crippen LogP contribution in [0.15, 0.2) is 18.2 Å². The van der Waals surface area contributed by atoms with Crippen molar-refractivity contribution >= 4 is 0 Å². The maximum atomic E-state index is 10.2. The summed E-state index contributed by atoms with van der Waals surface area (Å²) in [6.45, 7) is 0.466. The summed E-state index contributed by atoms with van der Waals surface area (Å²) in [6, 6.07) is 4.84. The van der Waals surface area contributed by atoms with Crippen LogP contribution in [0.3, 0.4) is 0 Å². The van der Waals surface area contributed by atoms with E-state index in [2.05, 4.69) is 5.32 Å². The average molecular weight is 240 g/mol. The van der Waals surface area contributed by atoms with Crippen molar-refractivity contribution in [2.45, 2.75) is 18.6 Å². The molecule has 0 aliphatic carbocycles. The number of para-hydroxylation sites is 1. The number of rotatable bonds is 6. The summed E-state index contributed by atoms with van der Waals surface area (Å²) >= 11 is 0. The van der Waals surface area contributed by atoms with Gasteiger partial charge >= 0.3 is 0 Å². The molecule has 0 saturated carbocycles. The van der Waals surface area contributed by atoms with Gasteiger partial charge < -0.3 is 26.0 Å². The number of aliphatic hydroxyl groups is 1. The number of aromatic hydroxyl groups is 1. The highest BCUT2D eigenvalue weighted by Crippen LogP contribution is 2.34. The molecule has 5 heteroatoms. The maximum absolute atomic E-state index is 10.2. The SMILES string of the molecule is CNC(CCN)C(O)c1cccc(OC)c1O. The van der Waals surface area contributed by atoms with E-state index in [4.69, 9.17) is 10.5 Å². The first-order valence-corrected chi connectivity index (χ1v) is 5.57. The largest absolute Gasteiger partial charge is 0.504 e. The van der Waals surface area contributed by atoms with Crippen LogP contribution in [0.5, 0.6) is 11.5 Å². The van der Waals surface area contributed by atoms with E-state index < -0.39 is 6.10 Å². The molecule has 0 bridgehead atoms. The van der Waals surface area contributed by atoms with Gasteiger partial charge in [0.1, 0.15) is 0 Å². The number of methoxy groups -OCH3 is 1. The second-order valence-corrected chi connectivity index (χ2v) is 3.82. The zero-order chi connectivity index (χ0) is 12.8. The standard InChI is InChI=1S/C12H20N2O3/c1-14-9(6-7-13)11(15)8-4-3-5-10(17-2)12(8)16/h3-5,9,11,14-16H,6-7,13H2,1-2H3. The molecule has 1 aromatic carbocycles. The summed E-state index contributed by atoms with van der Waals surface area (Å²) in [5.41, 5.74) is 5.92. The molecule has 0 aliphatic rings. The summed E-state index contributed by atoms with van der Waals surface area (Å²) in [7, 11) is 3.22. The van der Waals surface area contributed by atoms with E-state index in [0.717, 1.165) is 0 Å². The Morgan fingerprint density at radius 3 is 2.71 bits per heavy atom. The summed E-state index contributed by atoms with van der Waals surface area (Å²) < 4.78 is 5.00. The van der Waals surface area contributed by atoms with Gasteiger partial charge in [0.15, 0.2) is 11.5 Å². The molecular weight excluding hydrogens is 220 g/mol. The summed E-state index contributed by atoms with van der Waals surface area (Å²) in [6.07, 6.45) is -0.201. The Morgan fingerprint density at radius 1 is 1.47 bits per heavy atom. The topological polar surface area (TPSA) is 87.7 Å².